The van der Waals surface area contributed by atoms with Gasteiger partial charge in [-0.1, -0.05) is 60.1 Å². The molecule has 0 spiro atoms. The number of hydrogen-bond donors (Lipinski definition) is 0. The molecule has 94 valence electrons. The van der Waals surface area contributed by atoms with Gasteiger partial charge >= 0.3 is 0 Å². The lowest BCUT2D eigenvalue weighted by molar-refractivity contribution is 0.594. The van der Waals surface area contributed by atoms with E-state index in [0.29, 0.717) is 10.6 Å². The van der Waals surface area contributed by atoms with E-state index in [9.17, 15) is 8.42 Å². The summed E-state index contributed by atoms with van der Waals surface area (Å²) in [6.45, 7) is 0. The molecule has 0 aliphatic rings. The summed E-state index contributed by atoms with van der Waals surface area (Å²) < 4.78 is 24.1. The molecule has 0 aliphatic carbocycles. The quantitative estimate of drug-likeness (QED) is 0.859. The Hall–Kier alpha value is -1.32. The molecule has 2 rings (SSSR count). The van der Waals surface area contributed by atoms with Crippen molar-refractivity contribution in [2.75, 3.05) is 0 Å². The lowest BCUT2D eigenvalue weighted by Gasteiger charge is -2.06. The van der Waals surface area contributed by atoms with Crippen molar-refractivity contribution >= 4 is 21.4 Å². The van der Waals surface area contributed by atoms with Crippen molar-refractivity contribution < 1.29 is 8.42 Å². The summed E-state index contributed by atoms with van der Waals surface area (Å²) in [4.78, 5) is 0. The molecule has 0 radical (unpaired) electrons. The van der Waals surface area contributed by atoms with Crippen LogP contribution in [0.3, 0.4) is 0 Å². The van der Waals surface area contributed by atoms with Crippen molar-refractivity contribution in [2.24, 2.45) is 0 Å². The molecule has 4 heteroatoms. The molecule has 2 nitrogen and oxygen atoms in total. The smallest absolute Gasteiger partial charge is 0.158 e. The fourth-order valence-electron chi connectivity index (χ4n) is 1.73. The van der Waals surface area contributed by atoms with E-state index in [1.165, 1.54) is 0 Å². The van der Waals surface area contributed by atoms with Gasteiger partial charge in [0.1, 0.15) is 0 Å². The van der Waals surface area contributed by atoms with E-state index in [1.54, 1.807) is 24.3 Å². The molecular formula is C14H13ClO2S. The molecule has 2 aromatic rings. The second-order valence-corrected chi connectivity index (χ2v) is 6.58. The Morgan fingerprint density at radius 1 is 0.833 bits per heavy atom. The van der Waals surface area contributed by atoms with E-state index < -0.39 is 9.84 Å². The van der Waals surface area contributed by atoms with Crippen LogP contribution >= 0.6 is 11.6 Å². The lowest BCUT2D eigenvalue weighted by Crippen LogP contribution is -2.07. The van der Waals surface area contributed by atoms with Crippen LogP contribution in [0.2, 0.25) is 5.02 Å². The number of sulfone groups is 1. The second-order valence-electron chi connectivity index (χ2n) is 4.11. The van der Waals surface area contributed by atoms with E-state index in [1.807, 2.05) is 30.3 Å². The van der Waals surface area contributed by atoms with Gasteiger partial charge in [0, 0.05) is 5.02 Å². The average Bonchev–Trinajstić information content (AvgIpc) is 2.32. The van der Waals surface area contributed by atoms with Crippen molar-refractivity contribution in [2.45, 2.75) is 11.5 Å². The molecule has 0 atom stereocenters. The van der Waals surface area contributed by atoms with E-state index in [2.05, 4.69) is 0 Å². The Balaban J connectivity index is 2.16. The number of benzene rings is 2. The van der Waals surface area contributed by atoms with Crippen LogP contribution < -0.4 is 0 Å². The third-order valence-corrected chi connectivity index (χ3v) is 4.46. The zero-order valence-corrected chi connectivity index (χ0v) is 11.3. The van der Waals surface area contributed by atoms with E-state index in [4.69, 9.17) is 11.6 Å². The molecule has 0 unspecified atom stereocenters. The standard InChI is InChI=1S/C14H13ClO2S/c15-14-9-5-4-8-13(14)11-18(16,17)10-12-6-2-1-3-7-12/h1-9H,10-11H2. The maximum Gasteiger partial charge on any atom is 0.158 e. The van der Waals surface area contributed by atoms with Gasteiger partial charge in [0.15, 0.2) is 9.84 Å². The highest BCUT2D eigenvalue weighted by molar-refractivity contribution is 7.89. The molecule has 18 heavy (non-hydrogen) atoms. The fourth-order valence-corrected chi connectivity index (χ4v) is 3.54. The topological polar surface area (TPSA) is 34.1 Å². The molecule has 0 heterocycles. The second kappa shape index (κ2) is 5.55. The molecular weight excluding hydrogens is 268 g/mol. The first-order chi connectivity index (χ1) is 8.57. The highest BCUT2D eigenvalue weighted by atomic mass is 35.5. The van der Waals surface area contributed by atoms with Crippen LogP contribution in [0, 0.1) is 0 Å². The van der Waals surface area contributed by atoms with Crippen molar-refractivity contribution in [3.63, 3.8) is 0 Å². The third kappa shape index (κ3) is 3.59. The molecule has 0 amide bonds. The SMILES string of the molecule is O=S(=O)(Cc1ccccc1)Cc1ccccc1Cl. The highest BCUT2D eigenvalue weighted by Crippen LogP contribution is 2.19. The maximum absolute atomic E-state index is 12.1. The van der Waals surface area contributed by atoms with Crippen molar-refractivity contribution in [3.05, 3.63) is 70.7 Å². The largest absolute Gasteiger partial charge is 0.228 e. The Labute approximate surface area is 112 Å². The first-order valence-corrected chi connectivity index (χ1v) is 7.74. The Bertz CT molecular complexity index is 621. The van der Waals surface area contributed by atoms with Gasteiger partial charge in [0.2, 0.25) is 0 Å². The predicted molar refractivity (Wildman–Crippen MR) is 74.2 cm³/mol. The van der Waals surface area contributed by atoms with Gasteiger partial charge in [-0.3, -0.25) is 0 Å². The van der Waals surface area contributed by atoms with Crippen LogP contribution in [0.1, 0.15) is 11.1 Å². The van der Waals surface area contributed by atoms with Gasteiger partial charge in [0.25, 0.3) is 0 Å². The summed E-state index contributed by atoms with van der Waals surface area (Å²) >= 11 is 5.97. The highest BCUT2D eigenvalue weighted by Gasteiger charge is 2.14. The number of rotatable bonds is 4. The molecule has 0 saturated heterocycles. The molecule has 0 aliphatic heterocycles. The molecule has 0 aromatic heterocycles. The summed E-state index contributed by atoms with van der Waals surface area (Å²) in [6.07, 6.45) is 0. The number of hydrogen-bond acceptors (Lipinski definition) is 2. The first kappa shape index (κ1) is 13.1. The zero-order valence-electron chi connectivity index (χ0n) is 9.71. The Morgan fingerprint density at radius 3 is 2.11 bits per heavy atom. The molecule has 0 N–H and O–H groups in total. The minimum absolute atomic E-state index is 0.0262. The van der Waals surface area contributed by atoms with E-state index in [-0.39, 0.29) is 11.5 Å². The van der Waals surface area contributed by atoms with Crippen LogP contribution in [-0.4, -0.2) is 8.42 Å². The van der Waals surface area contributed by atoms with Crippen LogP contribution in [0.15, 0.2) is 54.6 Å². The van der Waals surface area contributed by atoms with Gasteiger partial charge in [-0.2, -0.15) is 0 Å². The van der Waals surface area contributed by atoms with Crippen molar-refractivity contribution in [1.29, 1.82) is 0 Å². The van der Waals surface area contributed by atoms with Crippen LogP contribution in [0.5, 0.6) is 0 Å². The fraction of sp³-hybridized carbons (Fsp3) is 0.143. The summed E-state index contributed by atoms with van der Waals surface area (Å²) in [6, 6.07) is 16.2. The minimum atomic E-state index is -3.19. The average molecular weight is 281 g/mol. The van der Waals surface area contributed by atoms with Gasteiger partial charge < -0.3 is 0 Å². The van der Waals surface area contributed by atoms with Gasteiger partial charge in [-0.15, -0.1) is 0 Å². The minimum Gasteiger partial charge on any atom is -0.228 e. The summed E-state index contributed by atoms with van der Waals surface area (Å²) in [5, 5.41) is 0.495. The van der Waals surface area contributed by atoms with Gasteiger partial charge in [0.05, 0.1) is 11.5 Å². The number of halogens is 1. The van der Waals surface area contributed by atoms with E-state index >= 15 is 0 Å². The summed E-state index contributed by atoms with van der Waals surface area (Å²) in [7, 11) is -3.19. The van der Waals surface area contributed by atoms with E-state index in [0.717, 1.165) is 5.56 Å². The summed E-state index contributed by atoms with van der Waals surface area (Å²) in [5.74, 6) is 0.0145. The maximum atomic E-state index is 12.1. The van der Waals surface area contributed by atoms with Crippen molar-refractivity contribution in [1.82, 2.24) is 0 Å². The third-order valence-electron chi connectivity index (χ3n) is 2.56. The lowest BCUT2D eigenvalue weighted by atomic mass is 10.2. The first-order valence-electron chi connectivity index (χ1n) is 5.54. The molecule has 0 fully saturated rings. The van der Waals surface area contributed by atoms with Crippen LogP contribution in [-0.2, 0) is 21.3 Å². The van der Waals surface area contributed by atoms with Crippen LogP contribution in [0.4, 0.5) is 0 Å². The Kier molecular flexibility index (Phi) is 4.04. The van der Waals surface area contributed by atoms with Gasteiger partial charge in [-0.05, 0) is 17.2 Å². The summed E-state index contributed by atoms with van der Waals surface area (Å²) in [5.41, 5.74) is 1.44. The molecule has 0 saturated carbocycles. The Morgan fingerprint density at radius 2 is 1.44 bits per heavy atom. The van der Waals surface area contributed by atoms with Crippen LogP contribution in [0.25, 0.3) is 0 Å². The zero-order chi connectivity index (χ0) is 13.0. The monoisotopic (exact) mass is 280 g/mol. The predicted octanol–water partition coefficient (Wildman–Crippen LogP) is 3.46. The van der Waals surface area contributed by atoms with Gasteiger partial charge in [-0.25, -0.2) is 8.42 Å². The molecule has 2 aromatic carbocycles. The van der Waals surface area contributed by atoms with Crippen molar-refractivity contribution in [3.8, 4) is 0 Å². The normalized spacial score (nSPS) is 11.4. The molecule has 0 bridgehead atoms.